The SMILES string of the molecule is CCn1ncc(N)c1C(=O)Nc1cc(C)cc(C)n1. The highest BCUT2D eigenvalue weighted by molar-refractivity contribution is 6.05. The van der Waals surface area contributed by atoms with Crippen molar-refractivity contribution in [3.63, 3.8) is 0 Å². The zero-order chi connectivity index (χ0) is 14.0. The molecule has 1 amide bonds. The molecule has 100 valence electrons. The average Bonchev–Trinajstić information content (AvgIpc) is 2.68. The predicted octanol–water partition coefficient (Wildman–Crippen LogP) is 1.75. The summed E-state index contributed by atoms with van der Waals surface area (Å²) in [6, 6.07) is 3.76. The number of amides is 1. The Balaban J connectivity index is 2.28. The van der Waals surface area contributed by atoms with Gasteiger partial charge in [-0.3, -0.25) is 9.48 Å². The summed E-state index contributed by atoms with van der Waals surface area (Å²) in [5.41, 5.74) is 8.39. The number of rotatable bonds is 3. The molecule has 0 aromatic carbocycles. The molecule has 0 aliphatic carbocycles. The van der Waals surface area contributed by atoms with Gasteiger partial charge in [0, 0.05) is 12.2 Å². The summed E-state index contributed by atoms with van der Waals surface area (Å²) >= 11 is 0. The largest absolute Gasteiger partial charge is 0.396 e. The molecule has 0 atom stereocenters. The molecule has 0 aliphatic heterocycles. The van der Waals surface area contributed by atoms with E-state index in [1.54, 1.807) is 4.68 Å². The fourth-order valence-electron chi connectivity index (χ4n) is 1.97. The smallest absolute Gasteiger partial charge is 0.277 e. The second kappa shape index (κ2) is 5.09. The fraction of sp³-hybridized carbons (Fsp3) is 0.308. The highest BCUT2D eigenvalue weighted by Crippen LogP contribution is 2.14. The first-order valence-electron chi connectivity index (χ1n) is 6.09. The van der Waals surface area contributed by atoms with Gasteiger partial charge in [0.05, 0.1) is 11.9 Å². The second-order valence-corrected chi connectivity index (χ2v) is 4.39. The topological polar surface area (TPSA) is 85.8 Å². The molecule has 3 N–H and O–H groups in total. The van der Waals surface area contributed by atoms with Crippen molar-refractivity contribution in [1.82, 2.24) is 14.8 Å². The summed E-state index contributed by atoms with van der Waals surface area (Å²) in [5.74, 6) is 0.222. The van der Waals surface area contributed by atoms with E-state index in [9.17, 15) is 4.79 Å². The number of nitrogens with one attached hydrogen (secondary N) is 1. The van der Waals surface area contributed by atoms with Gasteiger partial charge in [0.2, 0.25) is 0 Å². The normalized spacial score (nSPS) is 10.5. The van der Waals surface area contributed by atoms with Crippen LogP contribution in [0.1, 0.15) is 28.7 Å². The van der Waals surface area contributed by atoms with E-state index in [2.05, 4.69) is 15.4 Å². The Morgan fingerprint density at radius 2 is 2.16 bits per heavy atom. The number of hydrogen-bond donors (Lipinski definition) is 2. The summed E-state index contributed by atoms with van der Waals surface area (Å²) in [5, 5.41) is 6.79. The van der Waals surface area contributed by atoms with Gasteiger partial charge in [0.15, 0.2) is 0 Å². The number of carbonyl (C=O) groups is 1. The third-order valence-corrected chi connectivity index (χ3v) is 2.72. The molecule has 0 radical (unpaired) electrons. The lowest BCUT2D eigenvalue weighted by Crippen LogP contribution is -2.19. The van der Waals surface area contributed by atoms with Crippen molar-refractivity contribution in [2.75, 3.05) is 11.1 Å². The Labute approximate surface area is 111 Å². The van der Waals surface area contributed by atoms with E-state index in [0.29, 0.717) is 23.7 Å². The molecule has 0 fully saturated rings. The van der Waals surface area contributed by atoms with Gasteiger partial charge in [-0.25, -0.2) is 4.98 Å². The van der Waals surface area contributed by atoms with Crippen molar-refractivity contribution in [3.05, 3.63) is 35.3 Å². The minimum absolute atomic E-state index is 0.297. The van der Waals surface area contributed by atoms with Crippen LogP contribution in [0.4, 0.5) is 11.5 Å². The van der Waals surface area contributed by atoms with E-state index in [1.165, 1.54) is 6.20 Å². The van der Waals surface area contributed by atoms with E-state index >= 15 is 0 Å². The minimum Gasteiger partial charge on any atom is -0.396 e. The van der Waals surface area contributed by atoms with Crippen molar-refractivity contribution >= 4 is 17.4 Å². The van der Waals surface area contributed by atoms with Gasteiger partial charge < -0.3 is 11.1 Å². The van der Waals surface area contributed by atoms with Crippen LogP contribution in [-0.2, 0) is 6.54 Å². The molecule has 2 aromatic rings. The number of nitrogens with zero attached hydrogens (tertiary/aromatic N) is 3. The quantitative estimate of drug-likeness (QED) is 0.879. The van der Waals surface area contributed by atoms with Gasteiger partial charge in [-0.05, 0) is 38.5 Å². The number of hydrogen-bond acceptors (Lipinski definition) is 4. The third kappa shape index (κ3) is 2.73. The van der Waals surface area contributed by atoms with E-state index in [-0.39, 0.29) is 5.91 Å². The third-order valence-electron chi connectivity index (χ3n) is 2.72. The first kappa shape index (κ1) is 13.1. The molecular formula is C13H17N5O. The molecule has 2 heterocycles. The summed E-state index contributed by atoms with van der Waals surface area (Å²) in [7, 11) is 0. The van der Waals surface area contributed by atoms with Gasteiger partial charge in [0.25, 0.3) is 5.91 Å². The zero-order valence-corrected chi connectivity index (χ0v) is 11.3. The van der Waals surface area contributed by atoms with E-state index in [4.69, 9.17) is 5.73 Å². The molecule has 0 aliphatic rings. The van der Waals surface area contributed by atoms with Crippen LogP contribution in [0.5, 0.6) is 0 Å². The highest BCUT2D eigenvalue weighted by Gasteiger charge is 2.16. The molecule has 0 unspecified atom stereocenters. The highest BCUT2D eigenvalue weighted by atomic mass is 16.2. The predicted molar refractivity (Wildman–Crippen MR) is 74.0 cm³/mol. The van der Waals surface area contributed by atoms with Crippen LogP contribution in [0.3, 0.4) is 0 Å². The monoisotopic (exact) mass is 259 g/mol. The number of carbonyl (C=O) groups excluding carboxylic acids is 1. The van der Waals surface area contributed by atoms with Gasteiger partial charge in [0.1, 0.15) is 11.5 Å². The maximum absolute atomic E-state index is 12.2. The first-order valence-corrected chi connectivity index (χ1v) is 6.09. The molecule has 6 nitrogen and oxygen atoms in total. The molecule has 0 spiro atoms. The van der Waals surface area contributed by atoms with Gasteiger partial charge in [-0.2, -0.15) is 5.10 Å². The number of aryl methyl sites for hydroxylation is 3. The Bertz CT molecular complexity index is 597. The van der Waals surface area contributed by atoms with E-state index in [1.807, 2.05) is 32.9 Å². The average molecular weight is 259 g/mol. The number of anilines is 2. The van der Waals surface area contributed by atoms with Crippen LogP contribution >= 0.6 is 0 Å². The maximum Gasteiger partial charge on any atom is 0.277 e. The van der Waals surface area contributed by atoms with Crippen LogP contribution in [0.2, 0.25) is 0 Å². The van der Waals surface area contributed by atoms with E-state index < -0.39 is 0 Å². The zero-order valence-electron chi connectivity index (χ0n) is 11.3. The van der Waals surface area contributed by atoms with Crippen LogP contribution in [0.25, 0.3) is 0 Å². The first-order chi connectivity index (χ1) is 9.01. The minimum atomic E-state index is -0.297. The number of nitrogens with two attached hydrogens (primary N) is 1. The van der Waals surface area contributed by atoms with Crippen molar-refractivity contribution in [2.45, 2.75) is 27.3 Å². The molecule has 6 heteroatoms. The maximum atomic E-state index is 12.2. The molecular weight excluding hydrogens is 242 g/mol. The summed E-state index contributed by atoms with van der Waals surface area (Å²) in [4.78, 5) is 16.5. The Hall–Kier alpha value is -2.37. The van der Waals surface area contributed by atoms with Gasteiger partial charge >= 0.3 is 0 Å². The van der Waals surface area contributed by atoms with Crippen molar-refractivity contribution in [3.8, 4) is 0 Å². The fourth-order valence-corrected chi connectivity index (χ4v) is 1.97. The lowest BCUT2D eigenvalue weighted by atomic mass is 10.2. The molecule has 19 heavy (non-hydrogen) atoms. The number of aromatic nitrogens is 3. The van der Waals surface area contributed by atoms with Crippen molar-refractivity contribution < 1.29 is 4.79 Å². The van der Waals surface area contributed by atoms with Crippen LogP contribution < -0.4 is 11.1 Å². The Morgan fingerprint density at radius 1 is 1.42 bits per heavy atom. The summed E-state index contributed by atoms with van der Waals surface area (Å²) in [6.45, 7) is 6.32. The number of pyridine rings is 1. The lowest BCUT2D eigenvalue weighted by molar-refractivity contribution is 0.101. The number of nitrogen functional groups attached to an aromatic ring is 1. The van der Waals surface area contributed by atoms with Gasteiger partial charge in [-0.15, -0.1) is 0 Å². The van der Waals surface area contributed by atoms with Crippen LogP contribution in [0.15, 0.2) is 18.3 Å². The van der Waals surface area contributed by atoms with Gasteiger partial charge in [-0.1, -0.05) is 0 Å². The van der Waals surface area contributed by atoms with Crippen LogP contribution in [-0.4, -0.2) is 20.7 Å². The Kier molecular flexibility index (Phi) is 3.50. The molecule has 0 saturated heterocycles. The van der Waals surface area contributed by atoms with E-state index in [0.717, 1.165) is 11.3 Å². The Morgan fingerprint density at radius 3 is 2.79 bits per heavy atom. The van der Waals surface area contributed by atoms with Crippen LogP contribution in [0, 0.1) is 13.8 Å². The molecule has 2 aromatic heterocycles. The second-order valence-electron chi connectivity index (χ2n) is 4.39. The standard InChI is InChI=1S/C13H17N5O/c1-4-18-12(10(14)7-15-18)13(19)17-11-6-8(2)5-9(3)16-11/h5-7H,4,14H2,1-3H3,(H,16,17,19). The van der Waals surface area contributed by atoms with Crippen molar-refractivity contribution in [2.24, 2.45) is 0 Å². The summed E-state index contributed by atoms with van der Waals surface area (Å²) < 4.78 is 1.56. The summed E-state index contributed by atoms with van der Waals surface area (Å²) in [6.07, 6.45) is 1.48. The molecule has 2 rings (SSSR count). The van der Waals surface area contributed by atoms with Crippen molar-refractivity contribution in [1.29, 1.82) is 0 Å². The molecule has 0 bridgehead atoms. The molecule has 0 saturated carbocycles. The lowest BCUT2D eigenvalue weighted by Gasteiger charge is -2.08.